The summed E-state index contributed by atoms with van der Waals surface area (Å²) in [6.07, 6.45) is 6.99. The quantitative estimate of drug-likeness (QED) is 0.183. The maximum atomic E-state index is 13.6. The van der Waals surface area contributed by atoms with Crippen LogP contribution >= 0.6 is 31.9 Å². The van der Waals surface area contributed by atoms with Gasteiger partial charge in [0, 0.05) is 16.0 Å². The minimum Gasteiger partial charge on any atom is -0.490 e. The Bertz CT molecular complexity index is 1680. The maximum Gasteiger partial charge on any atom is 0.335 e. The second kappa shape index (κ2) is 13.0. The summed E-state index contributed by atoms with van der Waals surface area (Å²) >= 11 is 7.27. The fourth-order valence-electron chi connectivity index (χ4n) is 5.04. The zero-order valence-corrected chi connectivity index (χ0v) is 25.7. The van der Waals surface area contributed by atoms with Crippen LogP contribution in [0.5, 0.6) is 11.5 Å². The average Bonchev–Trinajstić information content (AvgIpc) is 2.99. The number of rotatable bonds is 9. The second-order valence-corrected chi connectivity index (χ2v) is 11.4. The molecule has 1 aliphatic carbocycles. The van der Waals surface area contributed by atoms with Crippen molar-refractivity contribution in [1.82, 2.24) is 9.66 Å². The first-order chi connectivity index (χ1) is 19.9. The number of benzene rings is 3. The van der Waals surface area contributed by atoms with Crippen molar-refractivity contribution in [3.63, 3.8) is 0 Å². The smallest absolute Gasteiger partial charge is 0.335 e. The highest BCUT2D eigenvalue weighted by molar-refractivity contribution is 9.13. The number of halogens is 2. The standard InChI is InChI=1S/C31H29Br2N3O5/c1-2-40-25-16-22(26(32)27(33)28(25)41-18-19-9-8-12-21(15-19)31(38)39)17-34-36-29(20-10-4-3-5-11-20)35-24-14-7-6-13-23(24)30(36)37/h6-9,12-17,20H,2-5,10-11,18H2,1H3,(H,38,39). The van der Waals surface area contributed by atoms with Crippen LogP contribution in [0.3, 0.4) is 0 Å². The third-order valence-electron chi connectivity index (χ3n) is 7.07. The van der Waals surface area contributed by atoms with Crippen molar-refractivity contribution >= 4 is 54.9 Å². The number of hydrogen-bond donors (Lipinski definition) is 1. The summed E-state index contributed by atoms with van der Waals surface area (Å²) in [5.41, 5.74) is 2.06. The molecule has 0 aliphatic heterocycles. The lowest BCUT2D eigenvalue weighted by molar-refractivity contribution is 0.0696. The van der Waals surface area contributed by atoms with Crippen LogP contribution in [0.1, 0.15) is 72.3 Å². The van der Waals surface area contributed by atoms with Gasteiger partial charge >= 0.3 is 5.97 Å². The summed E-state index contributed by atoms with van der Waals surface area (Å²) in [5.74, 6) is 0.803. The SMILES string of the molecule is CCOc1cc(C=Nn2c(C3CCCCC3)nc3ccccc3c2=O)c(Br)c(Br)c1OCc1cccc(C(=O)O)c1. The van der Waals surface area contributed by atoms with Crippen molar-refractivity contribution in [3.8, 4) is 11.5 Å². The van der Waals surface area contributed by atoms with Crippen LogP contribution in [-0.4, -0.2) is 33.6 Å². The fraction of sp³-hybridized carbons (Fsp3) is 0.290. The first-order valence-electron chi connectivity index (χ1n) is 13.5. The highest BCUT2D eigenvalue weighted by Gasteiger charge is 2.23. The molecule has 4 aromatic rings. The van der Waals surface area contributed by atoms with Crippen LogP contribution in [0.2, 0.25) is 0 Å². The summed E-state index contributed by atoms with van der Waals surface area (Å²) in [6.45, 7) is 2.42. The first kappa shape index (κ1) is 29.0. The van der Waals surface area contributed by atoms with Crippen LogP contribution in [0.4, 0.5) is 0 Å². The molecule has 1 N–H and O–H groups in total. The van der Waals surface area contributed by atoms with E-state index >= 15 is 0 Å². The Balaban J connectivity index is 1.51. The molecule has 0 unspecified atom stereocenters. The van der Waals surface area contributed by atoms with Gasteiger partial charge in [0.15, 0.2) is 11.5 Å². The molecule has 0 amide bonds. The first-order valence-corrected chi connectivity index (χ1v) is 15.1. The van der Waals surface area contributed by atoms with E-state index in [1.807, 2.05) is 25.1 Å². The molecule has 10 heteroatoms. The molecule has 8 nitrogen and oxygen atoms in total. The van der Waals surface area contributed by atoms with Gasteiger partial charge in [0.2, 0.25) is 0 Å². The average molecular weight is 683 g/mol. The van der Waals surface area contributed by atoms with E-state index in [2.05, 4.69) is 37.0 Å². The molecule has 41 heavy (non-hydrogen) atoms. The molecule has 0 saturated heterocycles. The number of aromatic nitrogens is 2. The Morgan fingerprint density at radius 1 is 1.07 bits per heavy atom. The van der Waals surface area contributed by atoms with Gasteiger partial charge in [0.1, 0.15) is 12.4 Å². The minimum atomic E-state index is -0.998. The molecule has 1 fully saturated rings. The maximum absolute atomic E-state index is 13.6. The molecule has 212 valence electrons. The van der Waals surface area contributed by atoms with E-state index in [1.165, 1.54) is 17.2 Å². The highest BCUT2D eigenvalue weighted by Crippen LogP contribution is 2.43. The number of para-hydroxylation sites is 1. The van der Waals surface area contributed by atoms with Crippen LogP contribution in [0, 0.1) is 0 Å². The van der Waals surface area contributed by atoms with Crippen molar-refractivity contribution in [2.75, 3.05) is 6.61 Å². The molecular formula is C31H29Br2N3O5. The molecule has 3 aromatic carbocycles. The molecule has 1 heterocycles. The fourth-order valence-corrected chi connectivity index (χ4v) is 5.98. The normalized spacial score (nSPS) is 14.0. The van der Waals surface area contributed by atoms with Crippen LogP contribution in [0.25, 0.3) is 10.9 Å². The number of carboxylic acids is 1. The van der Waals surface area contributed by atoms with Crippen molar-refractivity contribution < 1.29 is 19.4 Å². The Morgan fingerprint density at radius 3 is 2.61 bits per heavy atom. The van der Waals surface area contributed by atoms with Gasteiger partial charge in [-0.1, -0.05) is 43.5 Å². The van der Waals surface area contributed by atoms with Gasteiger partial charge in [0.25, 0.3) is 5.56 Å². The van der Waals surface area contributed by atoms with Crippen LogP contribution in [0.15, 0.2) is 73.4 Å². The lowest BCUT2D eigenvalue weighted by Crippen LogP contribution is -2.25. The summed E-state index contributed by atoms with van der Waals surface area (Å²) in [6, 6.07) is 15.8. The molecule has 0 spiro atoms. The molecule has 0 bridgehead atoms. The van der Waals surface area contributed by atoms with Crippen LogP contribution < -0.4 is 15.0 Å². The van der Waals surface area contributed by atoms with E-state index in [4.69, 9.17) is 14.5 Å². The molecule has 1 saturated carbocycles. The zero-order valence-electron chi connectivity index (χ0n) is 22.5. The molecule has 1 aliphatic rings. The number of aromatic carboxylic acids is 1. The monoisotopic (exact) mass is 681 g/mol. The van der Waals surface area contributed by atoms with E-state index in [0.717, 1.165) is 25.7 Å². The zero-order chi connectivity index (χ0) is 28.9. The number of ether oxygens (including phenoxy) is 2. The minimum absolute atomic E-state index is 0.141. The lowest BCUT2D eigenvalue weighted by atomic mass is 9.88. The van der Waals surface area contributed by atoms with E-state index in [1.54, 1.807) is 36.5 Å². The lowest BCUT2D eigenvalue weighted by Gasteiger charge is -2.22. The van der Waals surface area contributed by atoms with Crippen molar-refractivity contribution in [1.29, 1.82) is 0 Å². The molecule has 0 radical (unpaired) electrons. The van der Waals surface area contributed by atoms with Gasteiger partial charge in [-0.05, 0) is 87.5 Å². The topological polar surface area (TPSA) is 103 Å². The van der Waals surface area contributed by atoms with Gasteiger partial charge in [0.05, 0.1) is 33.8 Å². The van der Waals surface area contributed by atoms with Gasteiger partial charge < -0.3 is 14.6 Å². The summed E-state index contributed by atoms with van der Waals surface area (Å²) < 4.78 is 14.7. The summed E-state index contributed by atoms with van der Waals surface area (Å²) in [7, 11) is 0. The molecule has 0 atom stereocenters. The van der Waals surface area contributed by atoms with Crippen LogP contribution in [-0.2, 0) is 6.61 Å². The number of carboxylic acid groups (broad SMARTS) is 1. The molecular weight excluding hydrogens is 654 g/mol. The Labute approximate surface area is 254 Å². The Kier molecular flexibility index (Phi) is 9.19. The number of nitrogens with zero attached hydrogens (tertiary/aromatic N) is 3. The number of fused-ring (bicyclic) bond motifs is 1. The van der Waals surface area contributed by atoms with E-state index < -0.39 is 5.97 Å². The van der Waals surface area contributed by atoms with Gasteiger partial charge in [-0.3, -0.25) is 4.79 Å². The van der Waals surface area contributed by atoms with Gasteiger partial charge in [-0.2, -0.15) is 9.78 Å². The van der Waals surface area contributed by atoms with Crippen molar-refractivity contribution in [2.24, 2.45) is 5.10 Å². The summed E-state index contributed by atoms with van der Waals surface area (Å²) in [4.78, 5) is 29.8. The third kappa shape index (κ3) is 6.38. The van der Waals surface area contributed by atoms with Gasteiger partial charge in [-0.25, -0.2) is 9.78 Å². The predicted molar refractivity (Wildman–Crippen MR) is 166 cm³/mol. The Hall–Kier alpha value is -3.50. The van der Waals surface area contributed by atoms with E-state index in [0.29, 0.717) is 54.9 Å². The Morgan fingerprint density at radius 2 is 1.85 bits per heavy atom. The van der Waals surface area contributed by atoms with E-state index in [-0.39, 0.29) is 23.6 Å². The highest BCUT2D eigenvalue weighted by atomic mass is 79.9. The third-order valence-corrected chi connectivity index (χ3v) is 9.22. The summed E-state index contributed by atoms with van der Waals surface area (Å²) in [5, 5.41) is 14.5. The molecule has 1 aromatic heterocycles. The predicted octanol–water partition coefficient (Wildman–Crippen LogP) is 7.53. The van der Waals surface area contributed by atoms with Crippen molar-refractivity contribution in [3.05, 3.63) is 96.4 Å². The van der Waals surface area contributed by atoms with Crippen molar-refractivity contribution in [2.45, 2.75) is 51.6 Å². The van der Waals surface area contributed by atoms with Gasteiger partial charge in [-0.15, -0.1) is 0 Å². The number of hydrogen-bond acceptors (Lipinski definition) is 6. The number of carbonyl (C=O) groups is 1. The molecule has 5 rings (SSSR count). The largest absolute Gasteiger partial charge is 0.490 e. The second-order valence-electron chi connectivity index (χ2n) is 9.83. The van der Waals surface area contributed by atoms with E-state index in [9.17, 15) is 14.7 Å².